The molecule has 1 atom stereocenters. The molecular weight excluding hydrogens is 256 g/mol. The van der Waals surface area contributed by atoms with Crippen molar-refractivity contribution in [2.24, 2.45) is 0 Å². The van der Waals surface area contributed by atoms with Gasteiger partial charge in [0.15, 0.2) is 0 Å². The van der Waals surface area contributed by atoms with Crippen molar-refractivity contribution in [3.05, 3.63) is 29.8 Å². The first kappa shape index (κ1) is 13.5. The summed E-state index contributed by atoms with van der Waals surface area (Å²) < 4.78 is 39.0. The van der Waals surface area contributed by atoms with Crippen LogP contribution < -0.4 is 0 Å². The third kappa shape index (κ3) is 3.52. The first-order chi connectivity index (χ1) is 8.58. The monoisotopic (exact) mass is 272 g/mol. The number of benzene rings is 1. The zero-order chi connectivity index (χ0) is 13.0. The van der Waals surface area contributed by atoms with E-state index in [1.165, 1.54) is 12.1 Å². The molecule has 0 spiro atoms. The number of aryl methyl sites for hydroxylation is 1. The molecule has 0 aromatic heterocycles. The quantitative estimate of drug-likeness (QED) is 0.777. The van der Waals surface area contributed by atoms with Crippen LogP contribution >= 0.6 is 0 Å². The van der Waals surface area contributed by atoms with E-state index in [4.69, 9.17) is 13.7 Å². The molecule has 0 unspecified atom stereocenters. The van der Waals surface area contributed by atoms with Gasteiger partial charge in [0.25, 0.3) is 10.1 Å². The SMILES string of the molecule is Cc1ccc(S(=O)(=O)OC[C@H]2CCOCO2)cc1. The van der Waals surface area contributed by atoms with Crippen molar-refractivity contribution < 1.29 is 22.1 Å². The molecule has 100 valence electrons. The fraction of sp³-hybridized carbons (Fsp3) is 0.500. The third-order valence-corrected chi connectivity index (χ3v) is 3.99. The van der Waals surface area contributed by atoms with Crippen LogP contribution in [-0.2, 0) is 23.8 Å². The van der Waals surface area contributed by atoms with E-state index in [0.717, 1.165) is 5.56 Å². The van der Waals surface area contributed by atoms with Crippen molar-refractivity contribution >= 4 is 10.1 Å². The van der Waals surface area contributed by atoms with Gasteiger partial charge in [0.05, 0.1) is 24.2 Å². The maximum absolute atomic E-state index is 11.9. The van der Waals surface area contributed by atoms with Crippen LogP contribution in [0, 0.1) is 6.92 Å². The predicted molar refractivity (Wildman–Crippen MR) is 64.6 cm³/mol. The molecule has 0 saturated carbocycles. The van der Waals surface area contributed by atoms with Crippen LogP contribution in [0.1, 0.15) is 12.0 Å². The Morgan fingerprint density at radius 3 is 2.67 bits per heavy atom. The normalized spacial score (nSPS) is 20.8. The van der Waals surface area contributed by atoms with Gasteiger partial charge in [-0.05, 0) is 25.5 Å². The summed E-state index contributed by atoms with van der Waals surface area (Å²) in [5, 5.41) is 0. The molecule has 1 aromatic carbocycles. The van der Waals surface area contributed by atoms with Crippen molar-refractivity contribution in [2.75, 3.05) is 20.0 Å². The first-order valence-corrected chi connectivity index (χ1v) is 7.14. The maximum Gasteiger partial charge on any atom is 0.297 e. The van der Waals surface area contributed by atoms with E-state index in [9.17, 15) is 8.42 Å². The summed E-state index contributed by atoms with van der Waals surface area (Å²) in [6.45, 7) is 2.68. The lowest BCUT2D eigenvalue weighted by molar-refractivity contribution is -0.147. The van der Waals surface area contributed by atoms with Gasteiger partial charge in [-0.3, -0.25) is 4.18 Å². The molecule has 0 N–H and O–H groups in total. The minimum absolute atomic E-state index is 0.0274. The first-order valence-electron chi connectivity index (χ1n) is 5.73. The Kier molecular flexibility index (Phi) is 4.34. The smallest absolute Gasteiger partial charge is 0.297 e. The standard InChI is InChI=1S/C12H16O5S/c1-10-2-4-12(5-3-10)18(13,14)17-8-11-6-7-15-9-16-11/h2-5,11H,6-9H2,1H3/t11-/m1/s1. The second kappa shape index (κ2) is 5.79. The van der Waals surface area contributed by atoms with Crippen LogP contribution in [0.5, 0.6) is 0 Å². The van der Waals surface area contributed by atoms with E-state index in [0.29, 0.717) is 13.0 Å². The van der Waals surface area contributed by atoms with E-state index in [1.54, 1.807) is 12.1 Å². The van der Waals surface area contributed by atoms with Crippen molar-refractivity contribution in [1.29, 1.82) is 0 Å². The predicted octanol–water partition coefficient (Wildman–Crippen LogP) is 1.46. The summed E-state index contributed by atoms with van der Waals surface area (Å²) in [4.78, 5) is 0.167. The van der Waals surface area contributed by atoms with Gasteiger partial charge < -0.3 is 9.47 Å². The molecule has 18 heavy (non-hydrogen) atoms. The molecule has 1 aliphatic heterocycles. The Morgan fingerprint density at radius 2 is 2.06 bits per heavy atom. The Labute approximate surface area is 107 Å². The summed E-state index contributed by atoms with van der Waals surface area (Å²) in [5.41, 5.74) is 1.00. The van der Waals surface area contributed by atoms with Crippen molar-refractivity contribution in [3.8, 4) is 0 Å². The Hall–Kier alpha value is -0.950. The molecular formula is C12H16O5S. The van der Waals surface area contributed by atoms with E-state index in [1.807, 2.05) is 6.92 Å². The summed E-state index contributed by atoms with van der Waals surface area (Å²) in [6, 6.07) is 6.55. The molecule has 0 amide bonds. The second-order valence-corrected chi connectivity index (χ2v) is 5.77. The third-order valence-electron chi connectivity index (χ3n) is 2.69. The molecule has 6 heteroatoms. The average molecular weight is 272 g/mol. The van der Waals surface area contributed by atoms with Gasteiger partial charge >= 0.3 is 0 Å². The largest absolute Gasteiger partial charge is 0.355 e. The van der Waals surface area contributed by atoms with Gasteiger partial charge in [-0.25, -0.2) is 0 Å². The highest BCUT2D eigenvalue weighted by molar-refractivity contribution is 7.86. The van der Waals surface area contributed by atoms with Crippen LogP contribution in [-0.4, -0.2) is 34.5 Å². The van der Waals surface area contributed by atoms with Gasteiger partial charge in [-0.2, -0.15) is 8.42 Å². The highest BCUT2D eigenvalue weighted by atomic mass is 32.2. The average Bonchev–Trinajstić information content (AvgIpc) is 2.38. The molecule has 0 radical (unpaired) electrons. The van der Waals surface area contributed by atoms with Gasteiger partial charge in [0.2, 0.25) is 0 Å². The fourth-order valence-electron chi connectivity index (χ4n) is 1.57. The highest BCUT2D eigenvalue weighted by Gasteiger charge is 2.20. The van der Waals surface area contributed by atoms with E-state index < -0.39 is 10.1 Å². The van der Waals surface area contributed by atoms with Gasteiger partial charge in [-0.1, -0.05) is 17.7 Å². The van der Waals surface area contributed by atoms with E-state index in [-0.39, 0.29) is 24.4 Å². The van der Waals surface area contributed by atoms with Crippen LogP contribution in [0.2, 0.25) is 0 Å². The molecule has 1 saturated heterocycles. The molecule has 5 nitrogen and oxygen atoms in total. The van der Waals surface area contributed by atoms with E-state index in [2.05, 4.69) is 0 Å². The van der Waals surface area contributed by atoms with Crippen LogP contribution in [0.3, 0.4) is 0 Å². The number of hydrogen-bond acceptors (Lipinski definition) is 5. The molecule has 1 aliphatic rings. The fourth-order valence-corrected chi connectivity index (χ4v) is 2.51. The molecule has 1 aromatic rings. The molecule has 1 heterocycles. The lowest BCUT2D eigenvalue weighted by atomic mass is 10.2. The zero-order valence-electron chi connectivity index (χ0n) is 10.2. The molecule has 2 rings (SSSR count). The maximum atomic E-state index is 11.9. The summed E-state index contributed by atoms with van der Waals surface area (Å²) in [5.74, 6) is 0. The highest BCUT2D eigenvalue weighted by Crippen LogP contribution is 2.15. The van der Waals surface area contributed by atoms with Crippen LogP contribution in [0.15, 0.2) is 29.2 Å². The van der Waals surface area contributed by atoms with E-state index >= 15 is 0 Å². The molecule has 0 bridgehead atoms. The van der Waals surface area contributed by atoms with Crippen molar-refractivity contribution in [3.63, 3.8) is 0 Å². The summed E-state index contributed by atoms with van der Waals surface area (Å²) in [6.07, 6.45) is 0.419. The van der Waals surface area contributed by atoms with Crippen LogP contribution in [0.25, 0.3) is 0 Å². The number of rotatable bonds is 4. The Balaban J connectivity index is 1.96. The topological polar surface area (TPSA) is 61.8 Å². The minimum Gasteiger partial charge on any atom is -0.355 e. The van der Waals surface area contributed by atoms with Gasteiger partial charge in [0.1, 0.15) is 6.79 Å². The summed E-state index contributed by atoms with van der Waals surface area (Å²) in [7, 11) is -3.70. The van der Waals surface area contributed by atoms with Crippen molar-refractivity contribution in [2.45, 2.75) is 24.3 Å². The van der Waals surface area contributed by atoms with Gasteiger partial charge in [0, 0.05) is 0 Å². The second-order valence-electron chi connectivity index (χ2n) is 4.16. The van der Waals surface area contributed by atoms with Crippen LogP contribution in [0.4, 0.5) is 0 Å². The Bertz CT molecular complexity index is 474. The number of ether oxygens (including phenoxy) is 2. The molecule has 0 aliphatic carbocycles. The summed E-state index contributed by atoms with van der Waals surface area (Å²) >= 11 is 0. The molecule has 1 fully saturated rings. The zero-order valence-corrected chi connectivity index (χ0v) is 11.0. The Morgan fingerprint density at radius 1 is 1.33 bits per heavy atom. The van der Waals surface area contributed by atoms with Crippen molar-refractivity contribution in [1.82, 2.24) is 0 Å². The lowest BCUT2D eigenvalue weighted by Gasteiger charge is -2.22. The van der Waals surface area contributed by atoms with Gasteiger partial charge in [-0.15, -0.1) is 0 Å². The lowest BCUT2D eigenvalue weighted by Crippen LogP contribution is -2.29. The minimum atomic E-state index is -3.70. The number of hydrogen-bond donors (Lipinski definition) is 0.